The van der Waals surface area contributed by atoms with E-state index in [1.54, 1.807) is 11.3 Å². The van der Waals surface area contributed by atoms with Crippen LogP contribution in [0, 0.1) is 6.92 Å². The van der Waals surface area contributed by atoms with Gasteiger partial charge in [-0.3, -0.25) is 4.79 Å². The SMILES string of the molecule is Cc1ccccc1CNc1nc(NCCC(=O)NCCCN2CC[N-]CC[N-]CC[N-]CC2)nc(OCCN(C)c2ccc(-c3nc4ccccc4s3)cc2)n1.O.O.[Co]. The van der Waals surface area contributed by atoms with Crippen LogP contribution in [0.15, 0.2) is 72.8 Å². The third-order valence-electron chi connectivity index (χ3n) is 9.41. The fourth-order valence-electron chi connectivity index (χ4n) is 6.10. The normalized spacial score (nSPS) is 13.7. The summed E-state index contributed by atoms with van der Waals surface area (Å²) in [6.07, 6.45) is 1.15. The average Bonchev–Trinajstić information content (AvgIpc) is 3.65. The molecule has 0 spiro atoms. The molecule has 0 unspecified atom stereocenters. The van der Waals surface area contributed by atoms with Crippen molar-refractivity contribution < 1.29 is 37.3 Å². The van der Waals surface area contributed by atoms with E-state index >= 15 is 0 Å². The molecular formula is C41H57CoN12O4S-3. The Morgan fingerprint density at radius 1 is 0.814 bits per heavy atom. The van der Waals surface area contributed by atoms with E-state index in [1.165, 1.54) is 10.3 Å². The molecule has 5 aromatic rings. The summed E-state index contributed by atoms with van der Waals surface area (Å²) in [5.74, 6) is 0.703. The molecule has 59 heavy (non-hydrogen) atoms. The Morgan fingerprint density at radius 2 is 1.47 bits per heavy atom. The van der Waals surface area contributed by atoms with Crippen LogP contribution in [0.1, 0.15) is 24.0 Å². The quantitative estimate of drug-likeness (QED) is 0.109. The molecule has 323 valence electrons. The minimum atomic E-state index is -0.0282. The van der Waals surface area contributed by atoms with Gasteiger partial charge in [-0.2, -0.15) is 41.1 Å². The molecule has 1 aliphatic heterocycles. The number of para-hydroxylation sites is 1. The molecule has 16 nitrogen and oxygen atoms in total. The van der Waals surface area contributed by atoms with Gasteiger partial charge in [0, 0.05) is 61.1 Å². The second kappa shape index (κ2) is 26.6. The van der Waals surface area contributed by atoms with E-state index in [-0.39, 0.29) is 46.1 Å². The van der Waals surface area contributed by atoms with Crippen molar-refractivity contribution in [1.82, 2.24) is 30.2 Å². The van der Waals surface area contributed by atoms with Crippen LogP contribution < -0.4 is 25.6 Å². The van der Waals surface area contributed by atoms with Gasteiger partial charge in [0.15, 0.2) is 0 Å². The predicted molar refractivity (Wildman–Crippen MR) is 236 cm³/mol. The molecule has 1 amide bonds. The molecule has 3 heterocycles. The number of likely N-dealkylation sites (N-methyl/N-ethyl adjacent to an activating group) is 1. The Morgan fingerprint density at radius 3 is 2.19 bits per heavy atom. The van der Waals surface area contributed by atoms with Crippen LogP contribution in [0.3, 0.4) is 0 Å². The van der Waals surface area contributed by atoms with E-state index in [4.69, 9.17) is 9.72 Å². The van der Waals surface area contributed by atoms with Gasteiger partial charge in [0.25, 0.3) is 0 Å². The fraction of sp³-hybridized carbons (Fsp3) is 0.439. The zero-order chi connectivity index (χ0) is 38.8. The summed E-state index contributed by atoms with van der Waals surface area (Å²) in [6.45, 7) is 12.0. The molecule has 1 saturated heterocycles. The van der Waals surface area contributed by atoms with Gasteiger partial charge < -0.3 is 57.4 Å². The fourth-order valence-corrected chi connectivity index (χ4v) is 7.07. The van der Waals surface area contributed by atoms with E-state index in [0.717, 1.165) is 92.7 Å². The van der Waals surface area contributed by atoms with E-state index < -0.39 is 0 Å². The summed E-state index contributed by atoms with van der Waals surface area (Å²) < 4.78 is 7.25. The topological polar surface area (TPSA) is 226 Å². The number of carbonyl (C=O) groups excluding carboxylic acids is 1. The van der Waals surface area contributed by atoms with E-state index in [1.807, 2.05) is 37.4 Å². The van der Waals surface area contributed by atoms with E-state index in [2.05, 4.69) is 106 Å². The van der Waals surface area contributed by atoms with Crippen LogP contribution in [-0.4, -0.2) is 134 Å². The number of benzene rings is 3. The minimum absolute atomic E-state index is 0. The van der Waals surface area contributed by atoms with Gasteiger partial charge in [0.05, 0.1) is 16.8 Å². The maximum Gasteiger partial charge on any atom is 0.323 e. The molecule has 3 aromatic carbocycles. The standard InChI is InChI=1S/C41H53N12O2S.Co.2H2O/c1-31-8-3-4-9-33(31)30-47-40-49-39(46-18-16-37(54)45-17-7-25-53-26-23-43-21-19-42-20-22-44-24-27-53)50-41(51-40)55-29-28-52(2)34-14-12-32(13-15-34)38-48-35-10-5-6-11-36(35)56-38;;;/h3-6,8-15H,7,16-30H2,1-2H3,(H,45,54)(H2,46,47,49,50,51);;2*1H2/q-3;;;. The van der Waals surface area contributed by atoms with Gasteiger partial charge in [0.1, 0.15) is 11.6 Å². The van der Waals surface area contributed by atoms with E-state index in [9.17, 15) is 4.79 Å². The maximum atomic E-state index is 12.7. The first kappa shape index (κ1) is 48.9. The van der Waals surface area contributed by atoms with Gasteiger partial charge in [-0.05, 0) is 80.5 Å². The monoisotopic (exact) mass is 872 g/mol. The molecule has 1 radical (unpaired) electrons. The van der Waals surface area contributed by atoms with Gasteiger partial charge in [-0.25, -0.2) is 4.98 Å². The number of rotatable bonds is 17. The molecule has 1 aliphatic rings. The van der Waals surface area contributed by atoms with Crippen molar-refractivity contribution in [3.63, 3.8) is 0 Å². The number of fused-ring (bicyclic) bond motifs is 1. The Kier molecular flexibility index (Phi) is 22.0. The molecule has 1 fully saturated rings. The van der Waals surface area contributed by atoms with Crippen LogP contribution in [0.25, 0.3) is 36.7 Å². The van der Waals surface area contributed by atoms with Crippen molar-refractivity contribution >= 4 is 45.0 Å². The molecule has 6 rings (SSSR count). The third-order valence-corrected chi connectivity index (χ3v) is 10.5. The second-order valence-electron chi connectivity index (χ2n) is 13.6. The molecule has 0 saturated carbocycles. The molecular weight excluding hydrogens is 816 g/mol. The minimum Gasteiger partial charge on any atom is -0.665 e. The van der Waals surface area contributed by atoms with Gasteiger partial charge in [-0.15, -0.1) is 24.4 Å². The first-order valence-electron chi connectivity index (χ1n) is 19.5. The Hall–Kier alpha value is -4.50. The van der Waals surface area contributed by atoms with Gasteiger partial charge in [-0.1, -0.05) is 36.4 Å². The van der Waals surface area contributed by atoms with Crippen LogP contribution >= 0.6 is 11.3 Å². The van der Waals surface area contributed by atoms with Crippen LogP contribution in [-0.2, 0) is 28.1 Å². The van der Waals surface area contributed by atoms with Gasteiger partial charge in [0.2, 0.25) is 17.8 Å². The van der Waals surface area contributed by atoms with Crippen LogP contribution in [0.5, 0.6) is 6.01 Å². The van der Waals surface area contributed by atoms with Crippen LogP contribution in [0.4, 0.5) is 17.6 Å². The molecule has 2 aromatic heterocycles. The van der Waals surface area contributed by atoms with Crippen molar-refractivity contribution in [2.45, 2.75) is 26.3 Å². The number of carbonyl (C=O) groups is 1. The zero-order valence-electron chi connectivity index (χ0n) is 33.8. The van der Waals surface area contributed by atoms with Crippen molar-refractivity contribution in [3.8, 4) is 16.6 Å². The summed E-state index contributed by atoms with van der Waals surface area (Å²) in [5, 5.41) is 24.2. The van der Waals surface area contributed by atoms with Gasteiger partial charge >= 0.3 is 6.01 Å². The first-order valence-corrected chi connectivity index (χ1v) is 20.3. The summed E-state index contributed by atoms with van der Waals surface area (Å²) in [5.41, 5.74) is 5.49. The summed E-state index contributed by atoms with van der Waals surface area (Å²) >= 11 is 1.70. The predicted octanol–water partition coefficient (Wildman–Crippen LogP) is 4.68. The van der Waals surface area contributed by atoms with E-state index in [0.29, 0.717) is 44.7 Å². The number of ether oxygens (including phenoxy) is 1. The van der Waals surface area contributed by atoms with Crippen LogP contribution in [0.2, 0.25) is 0 Å². The summed E-state index contributed by atoms with van der Waals surface area (Å²) in [6, 6.07) is 25.0. The Balaban J connectivity index is 0.00000310. The summed E-state index contributed by atoms with van der Waals surface area (Å²) in [7, 11) is 2.03. The number of hydrogen-bond donors (Lipinski definition) is 3. The third kappa shape index (κ3) is 16.2. The Bertz CT molecular complexity index is 1910. The average molecular weight is 873 g/mol. The van der Waals surface area contributed by atoms with Crippen molar-refractivity contribution in [2.24, 2.45) is 0 Å². The number of aryl methyl sites for hydroxylation is 1. The number of nitrogens with one attached hydrogen (secondary N) is 3. The molecule has 0 bridgehead atoms. The molecule has 18 heteroatoms. The maximum absolute atomic E-state index is 12.7. The summed E-state index contributed by atoms with van der Waals surface area (Å²) in [4.78, 5) is 35.7. The van der Waals surface area contributed by atoms with Crippen molar-refractivity contribution in [1.29, 1.82) is 0 Å². The number of anilines is 3. The number of thiazole rings is 1. The number of amides is 1. The molecule has 0 aliphatic carbocycles. The number of hydrogen-bond acceptors (Lipinski definition) is 11. The Labute approximate surface area is 361 Å². The molecule has 0 atom stereocenters. The first-order chi connectivity index (χ1) is 27.5. The zero-order valence-corrected chi connectivity index (χ0v) is 35.7. The molecule has 7 N–H and O–H groups in total. The van der Waals surface area contributed by atoms with Crippen molar-refractivity contribution in [3.05, 3.63) is 99.9 Å². The second-order valence-corrected chi connectivity index (χ2v) is 14.6. The number of nitrogens with zero attached hydrogens (tertiary/aromatic N) is 9. The van der Waals surface area contributed by atoms with Crippen molar-refractivity contribution in [2.75, 3.05) is 108 Å². The number of aromatic nitrogens is 4. The smallest absolute Gasteiger partial charge is 0.323 e. The largest absolute Gasteiger partial charge is 0.665 e.